The molecule has 10 heteroatoms. The van der Waals surface area contributed by atoms with Crippen molar-refractivity contribution in [1.82, 2.24) is 19.7 Å². The Bertz CT molecular complexity index is 1040. The van der Waals surface area contributed by atoms with Gasteiger partial charge in [0.15, 0.2) is 5.16 Å². The lowest BCUT2D eigenvalue weighted by Crippen LogP contribution is -2.22. The van der Waals surface area contributed by atoms with Gasteiger partial charge in [-0.25, -0.2) is 0 Å². The fourth-order valence-electron chi connectivity index (χ4n) is 3.50. The first-order valence-electron chi connectivity index (χ1n) is 10.1. The molecule has 1 aromatic carbocycles. The van der Waals surface area contributed by atoms with Crippen molar-refractivity contribution in [2.75, 3.05) is 24.2 Å². The Hall–Kier alpha value is -2.69. The van der Waals surface area contributed by atoms with Crippen LogP contribution in [0.5, 0.6) is 0 Å². The van der Waals surface area contributed by atoms with Gasteiger partial charge in [-0.15, -0.1) is 21.5 Å². The zero-order valence-corrected chi connectivity index (χ0v) is 18.6. The summed E-state index contributed by atoms with van der Waals surface area (Å²) in [6.07, 6.45) is 2.43. The maximum absolute atomic E-state index is 12.5. The van der Waals surface area contributed by atoms with Crippen LogP contribution in [-0.2, 0) is 17.9 Å². The number of hydrogen-bond acceptors (Lipinski definition) is 7. The number of rotatable bonds is 9. The van der Waals surface area contributed by atoms with E-state index in [1.54, 1.807) is 11.4 Å². The zero-order valence-electron chi connectivity index (χ0n) is 17.0. The Kier molecular flexibility index (Phi) is 7.00. The molecule has 1 aliphatic heterocycles. The third-order valence-corrected chi connectivity index (χ3v) is 6.85. The van der Waals surface area contributed by atoms with Crippen LogP contribution in [0, 0.1) is 0 Å². The van der Waals surface area contributed by atoms with Gasteiger partial charge in [-0.05, 0) is 42.9 Å². The highest BCUT2D eigenvalue weighted by Crippen LogP contribution is 2.24. The molecule has 3 aromatic rings. The molecule has 31 heavy (non-hydrogen) atoms. The minimum Gasteiger partial charge on any atom is -0.366 e. The van der Waals surface area contributed by atoms with Gasteiger partial charge < -0.3 is 15.6 Å². The predicted molar refractivity (Wildman–Crippen MR) is 122 cm³/mol. The number of aromatic nitrogens is 3. The van der Waals surface area contributed by atoms with E-state index in [4.69, 9.17) is 5.73 Å². The molecule has 1 saturated heterocycles. The minimum absolute atomic E-state index is 0.159. The van der Waals surface area contributed by atoms with Gasteiger partial charge in [0.05, 0.1) is 24.4 Å². The molecule has 1 fully saturated rings. The molecule has 0 spiro atoms. The third-order valence-electron chi connectivity index (χ3n) is 5.06. The molecule has 4 rings (SSSR count). The average Bonchev–Trinajstić information content (AvgIpc) is 3.51. The quantitative estimate of drug-likeness (QED) is 0.480. The number of nitrogens with two attached hydrogens (primary N) is 1. The number of thioether (sulfide) groups is 1. The summed E-state index contributed by atoms with van der Waals surface area (Å²) in [5.74, 6) is 0.291. The van der Waals surface area contributed by atoms with Crippen LogP contribution >= 0.6 is 23.1 Å². The summed E-state index contributed by atoms with van der Waals surface area (Å²) < 4.78 is 2.09. The molecule has 0 radical (unpaired) electrons. The molecule has 2 amide bonds. The van der Waals surface area contributed by atoms with Gasteiger partial charge in [0, 0.05) is 0 Å². The largest absolute Gasteiger partial charge is 0.366 e. The highest BCUT2D eigenvalue weighted by molar-refractivity contribution is 7.99. The van der Waals surface area contributed by atoms with E-state index >= 15 is 0 Å². The number of primary amides is 1. The fourth-order valence-corrected chi connectivity index (χ4v) is 5.07. The van der Waals surface area contributed by atoms with E-state index in [1.165, 1.54) is 35.9 Å². The van der Waals surface area contributed by atoms with Gasteiger partial charge in [0.2, 0.25) is 5.91 Å². The highest BCUT2D eigenvalue weighted by atomic mass is 32.2. The van der Waals surface area contributed by atoms with Gasteiger partial charge in [-0.3, -0.25) is 14.5 Å². The van der Waals surface area contributed by atoms with Crippen LogP contribution in [0.2, 0.25) is 0 Å². The lowest BCUT2D eigenvalue weighted by Gasteiger charge is -2.16. The molecule has 2 aromatic heterocycles. The minimum atomic E-state index is -0.557. The molecular formula is C21H24N6O2S2. The number of carbonyl (C=O) groups excluding carboxylic acids is 2. The molecular weight excluding hydrogens is 432 g/mol. The number of benzene rings is 1. The Morgan fingerprint density at radius 1 is 1.10 bits per heavy atom. The number of nitrogens with one attached hydrogen (secondary N) is 1. The predicted octanol–water partition coefficient (Wildman–Crippen LogP) is 2.81. The van der Waals surface area contributed by atoms with Crippen LogP contribution in [0.15, 0.2) is 46.9 Å². The van der Waals surface area contributed by atoms with Crippen molar-refractivity contribution in [3.05, 3.63) is 58.7 Å². The summed E-state index contributed by atoms with van der Waals surface area (Å²) in [4.78, 5) is 26.3. The molecule has 0 bridgehead atoms. The average molecular weight is 457 g/mol. The van der Waals surface area contributed by atoms with E-state index in [2.05, 4.69) is 37.1 Å². The van der Waals surface area contributed by atoms with E-state index in [0.29, 0.717) is 22.3 Å². The zero-order chi connectivity index (χ0) is 21.6. The number of thiophene rings is 1. The van der Waals surface area contributed by atoms with Gasteiger partial charge in [0.1, 0.15) is 10.8 Å². The summed E-state index contributed by atoms with van der Waals surface area (Å²) >= 11 is 2.61. The maximum Gasteiger partial charge on any atom is 0.251 e. The summed E-state index contributed by atoms with van der Waals surface area (Å²) in [7, 11) is 0. The van der Waals surface area contributed by atoms with Crippen LogP contribution in [0.3, 0.4) is 0 Å². The molecule has 0 unspecified atom stereocenters. The standard InChI is InChI=1S/C21H24N6O2S2/c22-19(29)16-8-11-30-20(16)23-18(28)14-31-21-25-24-17(13-26-9-4-5-10-26)27(21)12-15-6-2-1-3-7-15/h1-3,6-8,11H,4-5,9-10,12-14H2,(H2,22,29)(H,23,28). The van der Waals surface area contributed by atoms with Crippen molar-refractivity contribution in [3.8, 4) is 0 Å². The summed E-state index contributed by atoms with van der Waals surface area (Å²) in [5.41, 5.74) is 6.82. The van der Waals surface area contributed by atoms with E-state index in [9.17, 15) is 9.59 Å². The number of amides is 2. The second kappa shape index (κ2) is 10.1. The first-order valence-corrected chi connectivity index (χ1v) is 11.9. The molecule has 0 saturated carbocycles. The molecule has 3 heterocycles. The Morgan fingerprint density at radius 3 is 2.61 bits per heavy atom. The SMILES string of the molecule is NC(=O)c1ccsc1NC(=O)CSc1nnc(CN2CCCC2)n1Cc1ccccc1. The number of nitrogens with zero attached hydrogens (tertiary/aromatic N) is 4. The molecule has 1 aliphatic rings. The van der Waals surface area contributed by atoms with Gasteiger partial charge in [-0.2, -0.15) is 0 Å². The number of carbonyl (C=O) groups is 2. The lowest BCUT2D eigenvalue weighted by molar-refractivity contribution is -0.113. The monoisotopic (exact) mass is 456 g/mol. The number of hydrogen-bond donors (Lipinski definition) is 2. The summed E-state index contributed by atoms with van der Waals surface area (Å²) in [5, 5.41) is 14.5. The number of anilines is 1. The normalized spacial score (nSPS) is 14.1. The van der Waals surface area contributed by atoms with Crippen molar-refractivity contribution >= 4 is 39.9 Å². The van der Waals surface area contributed by atoms with E-state index < -0.39 is 5.91 Å². The van der Waals surface area contributed by atoms with Crippen molar-refractivity contribution in [1.29, 1.82) is 0 Å². The van der Waals surface area contributed by atoms with Crippen LogP contribution in [-0.4, -0.2) is 50.3 Å². The third kappa shape index (κ3) is 5.52. The second-order valence-electron chi connectivity index (χ2n) is 7.32. The van der Waals surface area contributed by atoms with Crippen LogP contribution in [0.1, 0.15) is 34.6 Å². The van der Waals surface area contributed by atoms with Crippen molar-refractivity contribution in [2.45, 2.75) is 31.1 Å². The van der Waals surface area contributed by atoms with Crippen LogP contribution in [0.4, 0.5) is 5.00 Å². The van der Waals surface area contributed by atoms with Crippen molar-refractivity contribution < 1.29 is 9.59 Å². The van der Waals surface area contributed by atoms with Gasteiger partial charge in [0.25, 0.3) is 5.91 Å². The van der Waals surface area contributed by atoms with Gasteiger partial charge >= 0.3 is 0 Å². The smallest absolute Gasteiger partial charge is 0.251 e. The summed E-state index contributed by atoms with van der Waals surface area (Å²) in [6, 6.07) is 11.8. The molecule has 0 aliphatic carbocycles. The Labute approximate surface area is 188 Å². The highest BCUT2D eigenvalue weighted by Gasteiger charge is 2.20. The Morgan fingerprint density at radius 2 is 1.87 bits per heavy atom. The van der Waals surface area contributed by atoms with E-state index in [1.807, 2.05) is 18.2 Å². The van der Waals surface area contributed by atoms with Gasteiger partial charge in [-0.1, -0.05) is 42.1 Å². The van der Waals surface area contributed by atoms with Crippen molar-refractivity contribution in [3.63, 3.8) is 0 Å². The molecule has 8 nitrogen and oxygen atoms in total. The molecule has 3 N–H and O–H groups in total. The van der Waals surface area contributed by atoms with Crippen molar-refractivity contribution in [2.24, 2.45) is 5.73 Å². The molecule has 0 atom stereocenters. The fraction of sp³-hybridized carbons (Fsp3) is 0.333. The first-order chi connectivity index (χ1) is 15.1. The first kappa shape index (κ1) is 21.5. The Balaban J connectivity index is 1.46. The molecule has 162 valence electrons. The second-order valence-corrected chi connectivity index (χ2v) is 9.18. The summed E-state index contributed by atoms with van der Waals surface area (Å²) in [6.45, 7) is 3.56. The number of likely N-dealkylation sites (tertiary alicyclic amines) is 1. The van der Waals surface area contributed by atoms with Crippen LogP contribution in [0.25, 0.3) is 0 Å². The van der Waals surface area contributed by atoms with Crippen LogP contribution < -0.4 is 11.1 Å². The van der Waals surface area contributed by atoms with E-state index in [0.717, 1.165) is 31.0 Å². The topological polar surface area (TPSA) is 106 Å². The van der Waals surface area contributed by atoms with E-state index in [-0.39, 0.29) is 11.7 Å². The lowest BCUT2D eigenvalue weighted by atomic mass is 10.2. The maximum atomic E-state index is 12.5.